The Balaban J connectivity index is 2.70. The van der Waals surface area contributed by atoms with Crippen molar-refractivity contribution in [2.45, 2.75) is 13.0 Å². The van der Waals surface area contributed by atoms with Gasteiger partial charge in [-0.3, -0.25) is 4.90 Å². The zero-order valence-electron chi connectivity index (χ0n) is 12.1. The van der Waals surface area contributed by atoms with E-state index in [2.05, 4.69) is 4.90 Å². The number of hydrogen-bond donors (Lipinski definition) is 0. The molecule has 20 heavy (non-hydrogen) atoms. The Labute approximate surface area is 119 Å². The van der Waals surface area contributed by atoms with Crippen LogP contribution in [0.3, 0.4) is 0 Å². The highest BCUT2D eigenvalue weighted by atomic mass is 19.1. The molecule has 0 saturated carbocycles. The Morgan fingerprint density at radius 3 is 2.60 bits per heavy atom. The van der Waals surface area contributed by atoms with E-state index in [4.69, 9.17) is 14.7 Å². The van der Waals surface area contributed by atoms with E-state index in [1.165, 1.54) is 6.07 Å². The average molecular weight is 280 g/mol. The molecule has 0 aliphatic heterocycles. The van der Waals surface area contributed by atoms with Crippen molar-refractivity contribution in [2.24, 2.45) is 0 Å². The minimum atomic E-state index is -0.427. The van der Waals surface area contributed by atoms with Gasteiger partial charge in [-0.05, 0) is 12.5 Å². The molecular formula is C15H21FN2O2. The molecule has 0 unspecified atom stereocenters. The fourth-order valence-corrected chi connectivity index (χ4v) is 1.95. The van der Waals surface area contributed by atoms with Crippen LogP contribution in [0, 0.1) is 17.1 Å². The molecule has 1 aromatic rings. The number of hydrogen-bond acceptors (Lipinski definition) is 4. The van der Waals surface area contributed by atoms with Crippen LogP contribution in [0.15, 0.2) is 18.2 Å². The summed E-state index contributed by atoms with van der Waals surface area (Å²) in [7, 11) is 3.31. The Hall–Kier alpha value is -1.48. The van der Waals surface area contributed by atoms with Crippen molar-refractivity contribution in [3.63, 3.8) is 0 Å². The molecule has 0 amide bonds. The summed E-state index contributed by atoms with van der Waals surface area (Å²) in [5.41, 5.74) is 0.628. The molecule has 0 fully saturated rings. The van der Waals surface area contributed by atoms with Crippen LogP contribution in [0.1, 0.15) is 17.5 Å². The molecule has 1 aromatic carbocycles. The van der Waals surface area contributed by atoms with E-state index in [1.54, 1.807) is 26.4 Å². The Morgan fingerprint density at radius 1 is 1.20 bits per heavy atom. The van der Waals surface area contributed by atoms with Gasteiger partial charge in [0, 0.05) is 46.0 Å². The summed E-state index contributed by atoms with van der Waals surface area (Å²) in [5, 5.41) is 8.85. The maximum atomic E-state index is 14.0. The Bertz CT molecular complexity index is 446. The van der Waals surface area contributed by atoms with E-state index in [-0.39, 0.29) is 5.56 Å². The molecule has 4 nitrogen and oxygen atoms in total. The second-order valence-electron chi connectivity index (χ2n) is 4.51. The van der Waals surface area contributed by atoms with Gasteiger partial charge in [-0.1, -0.05) is 12.1 Å². The largest absolute Gasteiger partial charge is 0.385 e. The number of benzene rings is 1. The van der Waals surface area contributed by atoms with Crippen molar-refractivity contribution in [3.8, 4) is 6.07 Å². The summed E-state index contributed by atoms with van der Waals surface area (Å²) in [6.45, 7) is 3.25. The van der Waals surface area contributed by atoms with E-state index >= 15 is 0 Å². The van der Waals surface area contributed by atoms with Crippen molar-refractivity contribution in [3.05, 3.63) is 35.1 Å². The van der Waals surface area contributed by atoms with Crippen molar-refractivity contribution < 1.29 is 13.9 Å². The summed E-state index contributed by atoms with van der Waals surface area (Å²) in [5.74, 6) is -0.427. The van der Waals surface area contributed by atoms with Gasteiger partial charge in [0.1, 0.15) is 11.9 Å². The summed E-state index contributed by atoms with van der Waals surface area (Å²) in [6.07, 6.45) is 0.875. The molecule has 0 spiro atoms. The van der Waals surface area contributed by atoms with E-state index < -0.39 is 5.82 Å². The van der Waals surface area contributed by atoms with E-state index in [0.717, 1.165) is 19.5 Å². The van der Waals surface area contributed by atoms with Crippen LogP contribution < -0.4 is 0 Å². The highest BCUT2D eigenvalue weighted by Crippen LogP contribution is 2.14. The standard InChI is InChI=1S/C15H21FN2O2/c1-19-9-4-7-18(8-10-20-2)12-14-6-3-5-13(11-17)15(14)16/h3,5-6H,4,7-10,12H2,1-2H3. The molecule has 0 bridgehead atoms. The van der Waals surface area contributed by atoms with Gasteiger partial charge >= 0.3 is 0 Å². The van der Waals surface area contributed by atoms with Gasteiger partial charge in [-0.2, -0.15) is 5.26 Å². The molecule has 110 valence electrons. The van der Waals surface area contributed by atoms with Crippen LogP contribution >= 0.6 is 0 Å². The van der Waals surface area contributed by atoms with Gasteiger partial charge in [-0.25, -0.2) is 4.39 Å². The van der Waals surface area contributed by atoms with E-state index in [0.29, 0.717) is 25.3 Å². The highest BCUT2D eigenvalue weighted by Gasteiger charge is 2.12. The number of ether oxygens (including phenoxy) is 2. The lowest BCUT2D eigenvalue weighted by Gasteiger charge is -2.22. The Kier molecular flexibility index (Phi) is 7.81. The first kappa shape index (κ1) is 16.6. The molecule has 0 atom stereocenters. The van der Waals surface area contributed by atoms with Crippen molar-refractivity contribution in [1.82, 2.24) is 4.90 Å². The smallest absolute Gasteiger partial charge is 0.145 e. The number of halogens is 1. The monoisotopic (exact) mass is 280 g/mol. The zero-order chi connectivity index (χ0) is 14.8. The first-order valence-corrected chi connectivity index (χ1v) is 6.60. The van der Waals surface area contributed by atoms with Crippen molar-refractivity contribution in [1.29, 1.82) is 5.26 Å². The molecule has 0 N–H and O–H groups in total. The van der Waals surface area contributed by atoms with Gasteiger partial charge in [0.25, 0.3) is 0 Å². The number of rotatable bonds is 9. The lowest BCUT2D eigenvalue weighted by atomic mass is 10.1. The lowest BCUT2D eigenvalue weighted by Crippen LogP contribution is -2.29. The molecule has 0 heterocycles. The zero-order valence-corrected chi connectivity index (χ0v) is 12.1. The summed E-state index contributed by atoms with van der Waals surface area (Å²) < 4.78 is 24.1. The number of nitriles is 1. The fraction of sp³-hybridized carbons (Fsp3) is 0.533. The minimum absolute atomic E-state index is 0.0890. The second kappa shape index (κ2) is 9.43. The van der Waals surface area contributed by atoms with Crippen LogP contribution in [0.5, 0.6) is 0 Å². The topological polar surface area (TPSA) is 45.5 Å². The van der Waals surface area contributed by atoms with Crippen molar-refractivity contribution >= 4 is 0 Å². The normalized spacial score (nSPS) is 10.8. The van der Waals surface area contributed by atoms with Gasteiger partial charge in [-0.15, -0.1) is 0 Å². The first-order valence-electron chi connectivity index (χ1n) is 6.60. The number of methoxy groups -OCH3 is 2. The summed E-state index contributed by atoms with van der Waals surface area (Å²) in [6, 6.07) is 6.78. The van der Waals surface area contributed by atoms with Gasteiger partial charge in [0.2, 0.25) is 0 Å². The predicted molar refractivity (Wildman–Crippen MR) is 74.8 cm³/mol. The maximum absolute atomic E-state index is 14.0. The maximum Gasteiger partial charge on any atom is 0.145 e. The average Bonchev–Trinajstić information content (AvgIpc) is 2.46. The van der Waals surface area contributed by atoms with Gasteiger partial charge < -0.3 is 9.47 Å². The predicted octanol–water partition coefficient (Wildman–Crippen LogP) is 2.18. The molecule has 5 heteroatoms. The third-order valence-corrected chi connectivity index (χ3v) is 3.03. The minimum Gasteiger partial charge on any atom is -0.385 e. The lowest BCUT2D eigenvalue weighted by molar-refractivity contribution is 0.128. The third kappa shape index (κ3) is 5.25. The van der Waals surface area contributed by atoms with Crippen LogP contribution in [-0.4, -0.2) is 45.4 Å². The molecule has 0 radical (unpaired) electrons. The van der Waals surface area contributed by atoms with Gasteiger partial charge in [0.15, 0.2) is 0 Å². The third-order valence-electron chi connectivity index (χ3n) is 3.03. The SMILES string of the molecule is COCCCN(CCOC)Cc1cccc(C#N)c1F. The van der Waals surface area contributed by atoms with Crippen molar-refractivity contribution in [2.75, 3.05) is 40.5 Å². The first-order chi connectivity index (χ1) is 9.72. The molecular weight excluding hydrogens is 259 g/mol. The quantitative estimate of drug-likeness (QED) is 0.650. The Morgan fingerprint density at radius 2 is 1.95 bits per heavy atom. The number of nitrogens with zero attached hydrogens (tertiary/aromatic N) is 2. The fourth-order valence-electron chi connectivity index (χ4n) is 1.95. The van der Waals surface area contributed by atoms with E-state index in [9.17, 15) is 4.39 Å². The van der Waals surface area contributed by atoms with Crippen LogP contribution in [0.25, 0.3) is 0 Å². The van der Waals surface area contributed by atoms with Crippen LogP contribution in [0.2, 0.25) is 0 Å². The highest BCUT2D eigenvalue weighted by molar-refractivity contribution is 5.34. The van der Waals surface area contributed by atoms with Gasteiger partial charge in [0.05, 0.1) is 12.2 Å². The molecule has 0 aliphatic carbocycles. The molecule has 0 aromatic heterocycles. The summed E-state index contributed by atoms with van der Waals surface area (Å²) in [4.78, 5) is 2.10. The summed E-state index contributed by atoms with van der Waals surface area (Å²) >= 11 is 0. The molecule has 1 rings (SSSR count). The molecule has 0 saturated heterocycles. The van der Waals surface area contributed by atoms with Crippen LogP contribution in [-0.2, 0) is 16.0 Å². The molecule has 0 aliphatic rings. The van der Waals surface area contributed by atoms with Crippen LogP contribution in [0.4, 0.5) is 4.39 Å². The van der Waals surface area contributed by atoms with E-state index in [1.807, 2.05) is 6.07 Å². The second-order valence-corrected chi connectivity index (χ2v) is 4.51.